The van der Waals surface area contributed by atoms with Gasteiger partial charge in [-0.1, -0.05) is 23.7 Å². The van der Waals surface area contributed by atoms with E-state index >= 15 is 0 Å². The van der Waals surface area contributed by atoms with Crippen molar-refractivity contribution in [3.63, 3.8) is 0 Å². The maximum Gasteiger partial charge on any atom is 0.223 e. The Kier molecular flexibility index (Phi) is 4.60. The Morgan fingerprint density at radius 3 is 2.74 bits per heavy atom. The van der Waals surface area contributed by atoms with Crippen LogP contribution >= 0.6 is 11.6 Å². The van der Waals surface area contributed by atoms with Crippen LogP contribution in [0.4, 0.5) is 5.95 Å². The van der Waals surface area contributed by atoms with Gasteiger partial charge in [0.05, 0.1) is 23.3 Å². The van der Waals surface area contributed by atoms with Gasteiger partial charge in [0.2, 0.25) is 5.95 Å². The molecule has 27 heavy (non-hydrogen) atoms. The maximum absolute atomic E-state index is 5.97. The fourth-order valence-electron chi connectivity index (χ4n) is 2.93. The average molecular weight is 380 g/mol. The second-order valence-corrected chi connectivity index (χ2v) is 6.63. The highest BCUT2D eigenvalue weighted by Crippen LogP contribution is 2.24. The molecule has 0 amide bonds. The molecule has 136 valence electrons. The SMILES string of the molecule is Cc1nn(C)cc1-c1ccnc(NCc2cn[nH]c2-c2ccc(Cl)cc2)n1. The van der Waals surface area contributed by atoms with Gasteiger partial charge >= 0.3 is 0 Å². The minimum absolute atomic E-state index is 0.546. The molecule has 0 saturated heterocycles. The summed E-state index contributed by atoms with van der Waals surface area (Å²) in [5.74, 6) is 0.555. The summed E-state index contributed by atoms with van der Waals surface area (Å²) in [5, 5.41) is 15.5. The number of rotatable bonds is 5. The molecule has 4 rings (SSSR count). The van der Waals surface area contributed by atoms with Crippen molar-refractivity contribution in [2.24, 2.45) is 7.05 Å². The van der Waals surface area contributed by atoms with Crippen LogP contribution < -0.4 is 5.32 Å². The summed E-state index contributed by atoms with van der Waals surface area (Å²) in [6.07, 6.45) is 5.49. The standard InChI is InChI=1S/C19H18ClN7/c1-12-16(11-27(2)26-12)17-7-8-21-19(24-17)22-9-14-10-23-25-18(14)13-3-5-15(20)6-4-13/h3-8,10-11H,9H2,1-2H3,(H,23,25)(H,21,22,24). The second kappa shape index (κ2) is 7.20. The summed E-state index contributed by atoms with van der Waals surface area (Å²) in [5.41, 5.74) is 5.75. The fraction of sp³-hybridized carbons (Fsp3) is 0.158. The topological polar surface area (TPSA) is 84.3 Å². The van der Waals surface area contributed by atoms with Gasteiger partial charge in [-0.05, 0) is 30.7 Å². The zero-order valence-corrected chi connectivity index (χ0v) is 15.7. The van der Waals surface area contributed by atoms with Gasteiger partial charge in [0, 0.05) is 42.1 Å². The van der Waals surface area contributed by atoms with E-state index in [4.69, 9.17) is 11.6 Å². The predicted octanol–water partition coefficient (Wildman–Crippen LogP) is 3.84. The molecular weight excluding hydrogens is 362 g/mol. The molecule has 0 aliphatic carbocycles. The Balaban J connectivity index is 1.53. The number of aryl methyl sites for hydroxylation is 2. The molecule has 4 aromatic rings. The molecule has 3 aromatic heterocycles. The number of aromatic nitrogens is 6. The lowest BCUT2D eigenvalue weighted by Gasteiger charge is -2.07. The number of nitrogens with one attached hydrogen (secondary N) is 2. The first-order valence-corrected chi connectivity index (χ1v) is 8.83. The molecule has 3 heterocycles. The van der Waals surface area contributed by atoms with Crippen molar-refractivity contribution in [2.45, 2.75) is 13.5 Å². The molecule has 0 fully saturated rings. The van der Waals surface area contributed by atoms with Crippen LogP contribution in [0.1, 0.15) is 11.3 Å². The first-order chi connectivity index (χ1) is 13.1. The number of H-pyrrole nitrogens is 1. The average Bonchev–Trinajstić information content (AvgIpc) is 3.27. The van der Waals surface area contributed by atoms with E-state index in [2.05, 4.69) is 30.6 Å². The van der Waals surface area contributed by atoms with Crippen LogP contribution in [0.3, 0.4) is 0 Å². The van der Waals surface area contributed by atoms with E-state index < -0.39 is 0 Å². The first kappa shape index (κ1) is 17.2. The molecule has 2 N–H and O–H groups in total. The molecule has 0 unspecified atom stereocenters. The Labute approximate surface area is 161 Å². The molecule has 0 spiro atoms. The summed E-state index contributed by atoms with van der Waals surface area (Å²) < 4.78 is 1.78. The molecule has 0 bridgehead atoms. The van der Waals surface area contributed by atoms with E-state index in [1.165, 1.54) is 0 Å². The van der Waals surface area contributed by atoms with Crippen molar-refractivity contribution in [3.8, 4) is 22.5 Å². The lowest BCUT2D eigenvalue weighted by molar-refractivity contribution is 0.756. The van der Waals surface area contributed by atoms with Gasteiger partial charge in [-0.3, -0.25) is 9.78 Å². The highest BCUT2D eigenvalue weighted by molar-refractivity contribution is 6.30. The number of aromatic amines is 1. The number of halogens is 1. The van der Waals surface area contributed by atoms with E-state index in [1.54, 1.807) is 17.1 Å². The third kappa shape index (κ3) is 3.68. The van der Waals surface area contributed by atoms with Crippen molar-refractivity contribution < 1.29 is 0 Å². The third-order valence-corrected chi connectivity index (χ3v) is 4.48. The second-order valence-electron chi connectivity index (χ2n) is 6.20. The minimum Gasteiger partial charge on any atom is -0.350 e. The van der Waals surface area contributed by atoms with Crippen LogP contribution in [0.25, 0.3) is 22.5 Å². The third-order valence-electron chi connectivity index (χ3n) is 4.23. The molecule has 8 heteroatoms. The van der Waals surface area contributed by atoms with Gasteiger partial charge in [0.25, 0.3) is 0 Å². The van der Waals surface area contributed by atoms with E-state index in [0.29, 0.717) is 17.5 Å². The molecule has 1 aromatic carbocycles. The molecule has 0 saturated carbocycles. The van der Waals surface area contributed by atoms with Crippen LogP contribution in [-0.2, 0) is 13.6 Å². The number of hydrogen-bond acceptors (Lipinski definition) is 5. The number of anilines is 1. The van der Waals surface area contributed by atoms with E-state index in [1.807, 2.05) is 50.5 Å². The van der Waals surface area contributed by atoms with Gasteiger partial charge in [0.15, 0.2) is 0 Å². The lowest BCUT2D eigenvalue weighted by Crippen LogP contribution is -2.04. The van der Waals surface area contributed by atoms with E-state index in [9.17, 15) is 0 Å². The van der Waals surface area contributed by atoms with Crippen molar-refractivity contribution in [3.05, 3.63) is 65.2 Å². The fourth-order valence-corrected chi connectivity index (χ4v) is 3.06. The Morgan fingerprint density at radius 1 is 1.19 bits per heavy atom. The van der Waals surface area contributed by atoms with Crippen LogP contribution in [0, 0.1) is 6.92 Å². The molecule has 7 nitrogen and oxygen atoms in total. The van der Waals surface area contributed by atoms with Gasteiger partial charge in [0.1, 0.15) is 0 Å². The molecule has 0 aliphatic rings. The van der Waals surface area contributed by atoms with Crippen LogP contribution in [0.15, 0.2) is 48.9 Å². The summed E-state index contributed by atoms with van der Waals surface area (Å²) >= 11 is 5.97. The number of benzene rings is 1. The van der Waals surface area contributed by atoms with E-state index in [0.717, 1.165) is 33.8 Å². The Morgan fingerprint density at radius 2 is 2.00 bits per heavy atom. The molecule has 0 radical (unpaired) electrons. The quantitative estimate of drug-likeness (QED) is 0.550. The summed E-state index contributed by atoms with van der Waals surface area (Å²) in [6, 6.07) is 9.52. The normalized spacial score (nSPS) is 10.9. The minimum atomic E-state index is 0.546. The van der Waals surface area contributed by atoms with E-state index in [-0.39, 0.29) is 0 Å². The first-order valence-electron chi connectivity index (χ1n) is 8.46. The van der Waals surface area contributed by atoms with Crippen molar-refractivity contribution >= 4 is 17.5 Å². The summed E-state index contributed by atoms with van der Waals surface area (Å²) in [7, 11) is 1.90. The zero-order chi connectivity index (χ0) is 18.8. The lowest BCUT2D eigenvalue weighted by atomic mass is 10.1. The van der Waals surface area contributed by atoms with Crippen molar-refractivity contribution in [1.29, 1.82) is 0 Å². The Hall–Kier alpha value is -3.19. The van der Waals surface area contributed by atoms with Crippen molar-refractivity contribution in [1.82, 2.24) is 29.9 Å². The van der Waals surface area contributed by atoms with Crippen LogP contribution in [-0.4, -0.2) is 29.9 Å². The highest BCUT2D eigenvalue weighted by atomic mass is 35.5. The maximum atomic E-state index is 5.97. The summed E-state index contributed by atoms with van der Waals surface area (Å²) in [6.45, 7) is 2.51. The monoisotopic (exact) mass is 379 g/mol. The highest BCUT2D eigenvalue weighted by Gasteiger charge is 2.11. The largest absolute Gasteiger partial charge is 0.350 e. The Bertz CT molecular complexity index is 1070. The molecule has 0 aliphatic heterocycles. The van der Waals surface area contributed by atoms with Gasteiger partial charge in [-0.25, -0.2) is 9.97 Å². The van der Waals surface area contributed by atoms with Crippen LogP contribution in [0.2, 0.25) is 5.02 Å². The molecule has 0 atom stereocenters. The summed E-state index contributed by atoms with van der Waals surface area (Å²) in [4.78, 5) is 8.92. The van der Waals surface area contributed by atoms with Gasteiger partial charge < -0.3 is 5.32 Å². The van der Waals surface area contributed by atoms with Crippen molar-refractivity contribution in [2.75, 3.05) is 5.32 Å². The zero-order valence-electron chi connectivity index (χ0n) is 14.9. The van der Waals surface area contributed by atoms with Gasteiger partial charge in [-0.15, -0.1) is 0 Å². The smallest absolute Gasteiger partial charge is 0.223 e. The predicted molar refractivity (Wildman–Crippen MR) is 105 cm³/mol. The number of hydrogen-bond donors (Lipinski definition) is 2. The molecular formula is C19H18ClN7. The van der Waals surface area contributed by atoms with Gasteiger partial charge in [-0.2, -0.15) is 10.2 Å². The van der Waals surface area contributed by atoms with Crippen LogP contribution in [0.5, 0.6) is 0 Å². The number of nitrogens with zero attached hydrogens (tertiary/aromatic N) is 5.